The summed E-state index contributed by atoms with van der Waals surface area (Å²) in [5.41, 5.74) is 3.01. The van der Waals surface area contributed by atoms with Crippen molar-refractivity contribution in [2.45, 2.75) is 77.7 Å². The van der Waals surface area contributed by atoms with Crippen LogP contribution in [0.5, 0.6) is 0 Å². The third kappa shape index (κ3) is 7.23. The van der Waals surface area contributed by atoms with Gasteiger partial charge in [-0.2, -0.15) is 0 Å². The minimum atomic E-state index is -0.555. The van der Waals surface area contributed by atoms with Crippen molar-refractivity contribution in [1.82, 2.24) is 0 Å². The van der Waals surface area contributed by atoms with E-state index in [-0.39, 0.29) is 24.1 Å². The van der Waals surface area contributed by atoms with Crippen molar-refractivity contribution >= 4 is 17.6 Å². The third-order valence-electron chi connectivity index (χ3n) is 6.05. The van der Waals surface area contributed by atoms with Crippen molar-refractivity contribution in [2.24, 2.45) is 0 Å². The summed E-state index contributed by atoms with van der Waals surface area (Å²) in [7, 11) is 0. The van der Waals surface area contributed by atoms with Gasteiger partial charge in [-0.1, -0.05) is 42.5 Å². The quantitative estimate of drug-likeness (QED) is 0.327. The molecule has 0 saturated carbocycles. The molecular weight excluding hydrogens is 478 g/mol. The Balaban J connectivity index is 1.53. The Kier molecular flexibility index (Phi) is 7.93. The molecule has 1 heterocycles. The summed E-state index contributed by atoms with van der Waals surface area (Å²) in [6, 6.07) is 25.1. The van der Waals surface area contributed by atoms with E-state index in [1.807, 2.05) is 101 Å². The van der Waals surface area contributed by atoms with Crippen LogP contribution >= 0.6 is 0 Å². The second-order valence-corrected chi connectivity index (χ2v) is 11.7. The molecule has 6 heteroatoms. The van der Waals surface area contributed by atoms with Crippen molar-refractivity contribution in [2.75, 3.05) is 5.06 Å². The van der Waals surface area contributed by atoms with Crippen molar-refractivity contribution < 1.29 is 23.9 Å². The number of carbonyl (C=O) groups is 2. The highest BCUT2D eigenvalue weighted by atomic mass is 16.7. The lowest BCUT2D eigenvalue weighted by atomic mass is 9.97. The van der Waals surface area contributed by atoms with Gasteiger partial charge in [0.1, 0.15) is 17.3 Å². The first-order chi connectivity index (χ1) is 17.9. The van der Waals surface area contributed by atoms with Crippen molar-refractivity contribution in [3.05, 3.63) is 101 Å². The topological polar surface area (TPSA) is 65.1 Å². The molecule has 38 heavy (non-hydrogen) atoms. The lowest BCUT2D eigenvalue weighted by molar-refractivity contribution is 0.00570. The minimum absolute atomic E-state index is 0.0555. The number of hydrogen-bond donors (Lipinski definition) is 0. The van der Waals surface area contributed by atoms with E-state index in [0.29, 0.717) is 11.1 Å². The average Bonchev–Trinajstić information content (AvgIpc) is 3.27. The van der Waals surface area contributed by atoms with Crippen LogP contribution in [0, 0.1) is 0 Å². The number of nitrogens with zero attached hydrogens (tertiary/aromatic N) is 1. The first-order valence-corrected chi connectivity index (χ1v) is 13.0. The van der Waals surface area contributed by atoms with E-state index in [0.717, 1.165) is 29.7 Å². The minimum Gasteiger partial charge on any atom is -0.456 e. The van der Waals surface area contributed by atoms with E-state index in [1.54, 1.807) is 12.1 Å². The van der Waals surface area contributed by atoms with Gasteiger partial charge in [0.05, 0.1) is 22.9 Å². The molecular formula is C32H37NO5. The van der Waals surface area contributed by atoms with E-state index in [1.165, 1.54) is 0 Å². The number of esters is 2. The van der Waals surface area contributed by atoms with Gasteiger partial charge in [-0.05, 0) is 95.5 Å². The highest BCUT2D eigenvalue weighted by Crippen LogP contribution is 2.38. The molecule has 2 atom stereocenters. The molecule has 0 amide bonds. The first kappa shape index (κ1) is 27.4. The fourth-order valence-electron chi connectivity index (χ4n) is 4.38. The molecule has 3 aromatic rings. The Labute approximate surface area is 225 Å². The number of ether oxygens (including phenoxy) is 2. The maximum absolute atomic E-state index is 12.5. The zero-order chi connectivity index (χ0) is 27.5. The molecule has 0 aliphatic carbocycles. The van der Waals surface area contributed by atoms with Gasteiger partial charge in [-0.3, -0.25) is 9.90 Å². The summed E-state index contributed by atoms with van der Waals surface area (Å²) >= 11 is 0. The van der Waals surface area contributed by atoms with Gasteiger partial charge in [0.15, 0.2) is 0 Å². The van der Waals surface area contributed by atoms with Gasteiger partial charge < -0.3 is 9.47 Å². The van der Waals surface area contributed by atoms with E-state index >= 15 is 0 Å². The van der Waals surface area contributed by atoms with E-state index in [4.69, 9.17) is 14.3 Å². The zero-order valence-electron chi connectivity index (χ0n) is 23.1. The molecule has 0 N–H and O–H groups in total. The fourth-order valence-corrected chi connectivity index (χ4v) is 4.38. The Bertz CT molecular complexity index is 1240. The van der Waals surface area contributed by atoms with Gasteiger partial charge in [-0.15, -0.1) is 0 Å². The van der Waals surface area contributed by atoms with Crippen molar-refractivity contribution in [1.29, 1.82) is 0 Å². The van der Waals surface area contributed by atoms with Gasteiger partial charge in [0.2, 0.25) is 0 Å². The van der Waals surface area contributed by atoms with Crippen LogP contribution in [-0.2, 0) is 20.7 Å². The highest BCUT2D eigenvalue weighted by Gasteiger charge is 2.35. The molecule has 1 aliphatic rings. The van der Waals surface area contributed by atoms with Gasteiger partial charge >= 0.3 is 11.9 Å². The third-order valence-corrected chi connectivity index (χ3v) is 6.05. The number of benzene rings is 3. The van der Waals surface area contributed by atoms with Gasteiger partial charge in [-0.25, -0.2) is 9.59 Å². The molecule has 0 unspecified atom stereocenters. The summed E-state index contributed by atoms with van der Waals surface area (Å²) in [5, 5.41) is 1.94. The average molecular weight is 516 g/mol. The van der Waals surface area contributed by atoms with Crippen LogP contribution in [0.15, 0.2) is 78.9 Å². The molecule has 200 valence electrons. The second-order valence-electron chi connectivity index (χ2n) is 11.7. The molecule has 4 rings (SSSR count). The van der Waals surface area contributed by atoms with Crippen LogP contribution in [0.2, 0.25) is 0 Å². The molecule has 1 saturated heterocycles. The Morgan fingerprint density at radius 3 is 1.76 bits per heavy atom. The Morgan fingerprint density at radius 1 is 0.763 bits per heavy atom. The Hall–Kier alpha value is -3.64. The standard InChI is InChI=1S/C32H37NO5/c1-31(2,3)36-29(34)24-14-12-22(13-15-24)20-27-21-28(23-10-8-7-9-11-23)38-33(27)26-18-16-25(17-19-26)30(35)37-32(4,5)6/h7-19,27-28H,20-21H2,1-6H3/t27-,28-/m1/s1. The van der Waals surface area contributed by atoms with E-state index in [9.17, 15) is 9.59 Å². The highest BCUT2D eigenvalue weighted by molar-refractivity contribution is 5.90. The van der Waals surface area contributed by atoms with Gasteiger partial charge in [0, 0.05) is 6.42 Å². The largest absolute Gasteiger partial charge is 0.456 e. The monoisotopic (exact) mass is 515 g/mol. The van der Waals surface area contributed by atoms with Crippen molar-refractivity contribution in [3.63, 3.8) is 0 Å². The number of anilines is 1. The van der Waals surface area contributed by atoms with E-state index < -0.39 is 11.2 Å². The van der Waals surface area contributed by atoms with Crippen LogP contribution < -0.4 is 5.06 Å². The maximum atomic E-state index is 12.5. The van der Waals surface area contributed by atoms with Crippen LogP contribution in [0.4, 0.5) is 5.69 Å². The predicted octanol–water partition coefficient (Wildman–Crippen LogP) is 7.09. The Morgan fingerprint density at radius 2 is 1.26 bits per heavy atom. The molecule has 3 aromatic carbocycles. The second kappa shape index (κ2) is 11.0. The number of carbonyl (C=O) groups excluding carboxylic acids is 2. The lowest BCUT2D eigenvalue weighted by Gasteiger charge is -2.25. The lowest BCUT2D eigenvalue weighted by Crippen LogP contribution is -2.30. The first-order valence-electron chi connectivity index (χ1n) is 13.0. The molecule has 0 bridgehead atoms. The fraction of sp³-hybridized carbons (Fsp3) is 0.375. The number of hydroxylamine groups is 1. The predicted molar refractivity (Wildman–Crippen MR) is 148 cm³/mol. The summed E-state index contributed by atoms with van der Waals surface area (Å²) < 4.78 is 11.0. The molecule has 1 fully saturated rings. The molecule has 6 nitrogen and oxygen atoms in total. The smallest absolute Gasteiger partial charge is 0.338 e. The van der Waals surface area contributed by atoms with Crippen LogP contribution in [0.25, 0.3) is 0 Å². The van der Waals surface area contributed by atoms with Crippen LogP contribution in [0.1, 0.15) is 85.9 Å². The summed E-state index contributed by atoms with van der Waals surface area (Å²) in [6.45, 7) is 11.1. The maximum Gasteiger partial charge on any atom is 0.338 e. The summed E-state index contributed by atoms with van der Waals surface area (Å²) in [4.78, 5) is 31.4. The SMILES string of the molecule is CC(C)(C)OC(=O)c1ccc(C[C@@H]2C[C@H](c3ccccc3)ON2c2ccc(C(=O)OC(C)(C)C)cc2)cc1. The molecule has 0 radical (unpaired) electrons. The summed E-state index contributed by atoms with van der Waals surface area (Å²) in [5.74, 6) is -0.681. The number of hydrogen-bond acceptors (Lipinski definition) is 6. The van der Waals surface area contributed by atoms with Gasteiger partial charge in [0.25, 0.3) is 0 Å². The van der Waals surface area contributed by atoms with E-state index in [2.05, 4.69) is 12.1 Å². The molecule has 0 aromatic heterocycles. The zero-order valence-corrected chi connectivity index (χ0v) is 23.1. The molecule has 0 spiro atoms. The van der Waals surface area contributed by atoms with Crippen LogP contribution in [-0.4, -0.2) is 29.2 Å². The molecule has 1 aliphatic heterocycles. The normalized spacial score (nSPS) is 17.8. The summed E-state index contributed by atoms with van der Waals surface area (Å²) in [6.07, 6.45) is 1.44. The van der Waals surface area contributed by atoms with Crippen LogP contribution in [0.3, 0.4) is 0 Å². The number of rotatable bonds is 6. The van der Waals surface area contributed by atoms with Crippen molar-refractivity contribution in [3.8, 4) is 0 Å².